The second-order valence-electron chi connectivity index (χ2n) is 2.03. The van der Waals surface area contributed by atoms with Crippen molar-refractivity contribution in [2.45, 2.75) is 26.1 Å². The maximum Gasteiger partial charge on any atom is 0.332 e. The van der Waals surface area contributed by atoms with Gasteiger partial charge in [0.15, 0.2) is 0 Å². The van der Waals surface area contributed by atoms with Crippen molar-refractivity contribution in [1.82, 2.24) is 0 Å². The minimum atomic E-state index is -1.23. The molecule has 72 valence electrons. The standard InChI is InChI=1S/2C3H6O3/c2*1-2(4)3(5)6/h2*2,4H,1H3,(H,5,6)/t2*2-/m10/s1. The van der Waals surface area contributed by atoms with Crippen LogP contribution in [0.2, 0.25) is 0 Å². The summed E-state index contributed by atoms with van der Waals surface area (Å²) in [6.07, 6.45) is -2.46. The van der Waals surface area contributed by atoms with Crippen molar-refractivity contribution in [2.24, 2.45) is 0 Å². The van der Waals surface area contributed by atoms with Crippen LogP contribution in [0.15, 0.2) is 0 Å². The lowest BCUT2D eigenvalue weighted by atomic mass is 10.4. The Bertz CT molecular complexity index is 132. The predicted octanol–water partition coefficient (Wildman–Crippen LogP) is -1.10. The fourth-order valence-electron chi connectivity index (χ4n) is 0. The van der Waals surface area contributed by atoms with Crippen LogP contribution in [0.25, 0.3) is 0 Å². The first-order valence-corrected chi connectivity index (χ1v) is 3.10. The van der Waals surface area contributed by atoms with Gasteiger partial charge in [0.05, 0.1) is 0 Å². The minimum absolute atomic E-state index is 1.19. The van der Waals surface area contributed by atoms with Crippen molar-refractivity contribution in [1.29, 1.82) is 0 Å². The van der Waals surface area contributed by atoms with Gasteiger partial charge in [-0.3, -0.25) is 0 Å². The van der Waals surface area contributed by atoms with Gasteiger partial charge < -0.3 is 20.4 Å². The molecule has 12 heavy (non-hydrogen) atoms. The van der Waals surface area contributed by atoms with E-state index in [1.165, 1.54) is 13.8 Å². The van der Waals surface area contributed by atoms with Gasteiger partial charge in [-0.05, 0) is 13.8 Å². The van der Waals surface area contributed by atoms with Crippen molar-refractivity contribution < 1.29 is 30.0 Å². The Balaban J connectivity index is 0. The summed E-state index contributed by atoms with van der Waals surface area (Å²) in [6, 6.07) is 0. The van der Waals surface area contributed by atoms with E-state index in [2.05, 4.69) is 0 Å². The van der Waals surface area contributed by atoms with Crippen LogP contribution in [0.5, 0.6) is 0 Å². The van der Waals surface area contributed by atoms with Gasteiger partial charge in [-0.15, -0.1) is 0 Å². The number of carboxylic acids is 2. The van der Waals surface area contributed by atoms with Gasteiger partial charge >= 0.3 is 11.9 Å². The van der Waals surface area contributed by atoms with Crippen molar-refractivity contribution in [3.63, 3.8) is 0 Å². The zero-order chi connectivity index (χ0) is 10.3. The number of carboxylic acid groups (broad SMARTS) is 2. The van der Waals surface area contributed by atoms with Crippen LogP contribution in [0.4, 0.5) is 0 Å². The van der Waals surface area contributed by atoms with Gasteiger partial charge in [-0.2, -0.15) is 0 Å². The normalized spacial score (nSPS) is 13.7. The molecule has 0 fully saturated rings. The summed E-state index contributed by atoms with van der Waals surface area (Å²) < 4.78 is 0. The molecule has 0 aromatic carbocycles. The maximum absolute atomic E-state index is 9.45. The predicted molar refractivity (Wildman–Crippen MR) is 38.6 cm³/mol. The highest BCUT2D eigenvalue weighted by Crippen LogP contribution is 1.73. The third kappa shape index (κ3) is 11.6. The number of hydrogen-bond donors (Lipinski definition) is 4. The Morgan fingerprint density at radius 2 is 1.00 bits per heavy atom. The molecule has 0 saturated heterocycles. The summed E-state index contributed by atoms with van der Waals surface area (Å²) in [5.74, 6) is -2.37. The molecular formula is C6H12O6. The molecule has 0 rings (SSSR count). The summed E-state index contributed by atoms with van der Waals surface area (Å²) >= 11 is 0. The van der Waals surface area contributed by atoms with Crippen LogP contribution in [0.3, 0.4) is 0 Å². The largest absolute Gasteiger partial charge is 0.479 e. The average molecular weight is 180 g/mol. The van der Waals surface area contributed by atoms with Crippen LogP contribution in [-0.4, -0.2) is 44.6 Å². The lowest BCUT2D eigenvalue weighted by Crippen LogP contribution is -2.13. The van der Waals surface area contributed by atoms with Gasteiger partial charge in [-0.25, -0.2) is 9.59 Å². The van der Waals surface area contributed by atoms with E-state index < -0.39 is 24.1 Å². The van der Waals surface area contributed by atoms with Gasteiger partial charge in [0.1, 0.15) is 12.2 Å². The molecule has 0 radical (unpaired) electrons. The van der Waals surface area contributed by atoms with Crippen LogP contribution in [-0.2, 0) is 9.59 Å². The zero-order valence-electron chi connectivity index (χ0n) is 6.76. The first kappa shape index (κ1) is 13.4. The van der Waals surface area contributed by atoms with Crippen molar-refractivity contribution in [2.75, 3.05) is 0 Å². The molecule has 0 aliphatic rings. The third-order valence-electron chi connectivity index (χ3n) is 0.715. The Morgan fingerprint density at radius 1 is 0.917 bits per heavy atom. The molecule has 0 saturated carbocycles. The molecule has 0 aliphatic heterocycles. The Morgan fingerprint density at radius 3 is 1.00 bits per heavy atom. The lowest BCUT2D eigenvalue weighted by molar-refractivity contribution is -0.146. The number of hydrogen-bond acceptors (Lipinski definition) is 4. The summed E-state index contributed by atoms with van der Waals surface area (Å²) in [7, 11) is 0. The topological polar surface area (TPSA) is 115 Å². The summed E-state index contributed by atoms with van der Waals surface area (Å²) in [6.45, 7) is 2.39. The first-order chi connectivity index (χ1) is 5.29. The molecule has 0 bridgehead atoms. The van der Waals surface area contributed by atoms with Gasteiger partial charge in [-0.1, -0.05) is 0 Å². The van der Waals surface area contributed by atoms with Gasteiger partial charge in [0, 0.05) is 0 Å². The molecule has 6 nitrogen and oxygen atoms in total. The number of aliphatic carboxylic acids is 2. The van der Waals surface area contributed by atoms with E-state index in [0.29, 0.717) is 0 Å². The second kappa shape index (κ2) is 6.56. The molecule has 6 heteroatoms. The second-order valence-corrected chi connectivity index (χ2v) is 2.03. The average Bonchev–Trinajstić information content (AvgIpc) is 1.88. The van der Waals surface area contributed by atoms with Crippen LogP contribution >= 0.6 is 0 Å². The number of carbonyl (C=O) groups is 2. The van der Waals surface area contributed by atoms with E-state index in [-0.39, 0.29) is 0 Å². The van der Waals surface area contributed by atoms with Crippen molar-refractivity contribution >= 4 is 11.9 Å². The quantitative estimate of drug-likeness (QED) is 0.429. The van der Waals surface area contributed by atoms with Crippen molar-refractivity contribution in [3.05, 3.63) is 0 Å². The Kier molecular flexibility index (Phi) is 7.36. The van der Waals surface area contributed by atoms with Crippen LogP contribution in [0.1, 0.15) is 13.8 Å². The monoisotopic (exact) mass is 180 g/mol. The lowest BCUT2D eigenvalue weighted by Gasteiger charge is -1.89. The SMILES string of the molecule is C[C@@H](O)C(=O)O.C[C@H](O)C(=O)O. The summed E-state index contributed by atoms with van der Waals surface area (Å²) in [4.78, 5) is 18.9. The Hall–Kier alpha value is -1.14. The van der Waals surface area contributed by atoms with Gasteiger partial charge in [0.2, 0.25) is 0 Å². The van der Waals surface area contributed by atoms with E-state index in [0.717, 1.165) is 0 Å². The van der Waals surface area contributed by atoms with Gasteiger partial charge in [0.25, 0.3) is 0 Å². The molecule has 4 N–H and O–H groups in total. The molecule has 2 atom stereocenters. The number of aliphatic hydroxyl groups is 2. The fraction of sp³-hybridized carbons (Fsp3) is 0.667. The molecule has 0 heterocycles. The molecule has 0 aliphatic carbocycles. The molecule has 0 aromatic heterocycles. The molecule has 0 spiro atoms. The molecule has 0 aromatic rings. The van der Waals surface area contributed by atoms with Crippen molar-refractivity contribution in [3.8, 4) is 0 Å². The number of rotatable bonds is 2. The molecular weight excluding hydrogens is 168 g/mol. The van der Waals surface area contributed by atoms with E-state index >= 15 is 0 Å². The highest BCUT2D eigenvalue weighted by atomic mass is 16.4. The fourth-order valence-corrected chi connectivity index (χ4v) is 0. The van der Waals surface area contributed by atoms with E-state index in [1.54, 1.807) is 0 Å². The summed E-state index contributed by atoms with van der Waals surface area (Å²) in [5.41, 5.74) is 0. The number of aliphatic hydroxyl groups excluding tert-OH is 2. The molecule has 0 amide bonds. The Labute approximate surface area is 69.1 Å². The smallest absolute Gasteiger partial charge is 0.332 e. The summed E-state index contributed by atoms with van der Waals surface area (Å²) in [5, 5.41) is 31.5. The van der Waals surface area contributed by atoms with E-state index in [9.17, 15) is 9.59 Å². The minimum Gasteiger partial charge on any atom is -0.479 e. The highest BCUT2D eigenvalue weighted by Gasteiger charge is 2.01. The van der Waals surface area contributed by atoms with E-state index in [1.807, 2.05) is 0 Å². The van der Waals surface area contributed by atoms with Crippen LogP contribution < -0.4 is 0 Å². The van der Waals surface area contributed by atoms with E-state index in [4.69, 9.17) is 20.4 Å². The zero-order valence-corrected chi connectivity index (χ0v) is 6.76. The maximum atomic E-state index is 9.45. The third-order valence-corrected chi connectivity index (χ3v) is 0.715. The van der Waals surface area contributed by atoms with Crippen LogP contribution in [0, 0.1) is 0 Å². The highest BCUT2D eigenvalue weighted by molar-refractivity contribution is 5.71. The molecule has 0 unspecified atom stereocenters. The first-order valence-electron chi connectivity index (χ1n) is 3.10.